The van der Waals surface area contributed by atoms with Gasteiger partial charge in [-0.1, -0.05) is 12.1 Å². The second kappa shape index (κ2) is 7.88. The van der Waals surface area contributed by atoms with Gasteiger partial charge in [0.25, 0.3) is 0 Å². The molecule has 0 spiro atoms. The summed E-state index contributed by atoms with van der Waals surface area (Å²) in [6.07, 6.45) is -0.0676. The van der Waals surface area contributed by atoms with E-state index in [2.05, 4.69) is 16.0 Å². The number of rotatable bonds is 6. The molecule has 0 saturated carbocycles. The van der Waals surface area contributed by atoms with Crippen LogP contribution in [0, 0.1) is 0 Å². The fourth-order valence-electron chi connectivity index (χ4n) is 1.59. The summed E-state index contributed by atoms with van der Waals surface area (Å²) in [5.41, 5.74) is 1.16. The Bertz CT molecular complexity index is 511. The third-order valence-corrected chi connectivity index (χ3v) is 2.43. The maximum absolute atomic E-state index is 11.6. The van der Waals surface area contributed by atoms with Gasteiger partial charge >= 0.3 is 12.0 Å². The topological polar surface area (TPSA) is 108 Å². The lowest BCUT2D eigenvalue weighted by Crippen LogP contribution is -2.41. The fourth-order valence-corrected chi connectivity index (χ4v) is 1.59. The monoisotopic (exact) mass is 293 g/mol. The van der Waals surface area contributed by atoms with E-state index in [1.165, 1.54) is 0 Å². The molecule has 7 heteroatoms. The summed E-state index contributed by atoms with van der Waals surface area (Å²) in [6.45, 7) is 3.55. The van der Waals surface area contributed by atoms with Gasteiger partial charge in [0.15, 0.2) is 0 Å². The molecule has 21 heavy (non-hydrogen) atoms. The van der Waals surface area contributed by atoms with Crippen LogP contribution in [0.4, 0.5) is 10.5 Å². The molecule has 0 aliphatic heterocycles. The third kappa shape index (κ3) is 6.95. The third-order valence-electron chi connectivity index (χ3n) is 2.43. The van der Waals surface area contributed by atoms with E-state index in [9.17, 15) is 14.4 Å². The van der Waals surface area contributed by atoms with Crippen LogP contribution in [0.3, 0.4) is 0 Å². The van der Waals surface area contributed by atoms with E-state index >= 15 is 0 Å². The zero-order valence-corrected chi connectivity index (χ0v) is 12.0. The molecule has 1 aromatic carbocycles. The average Bonchev–Trinajstić information content (AvgIpc) is 2.37. The van der Waals surface area contributed by atoms with Gasteiger partial charge in [-0.25, -0.2) is 4.79 Å². The highest BCUT2D eigenvalue weighted by molar-refractivity contribution is 5.92. The Hall–Kier alpha value is -2.57. The summed E-state index contributed by atoms with van der Waals surface area (Å²) >= 11 is 0. The van der Waals surface area contributed by atoms with Gasteiger partial charge in [-0.05, 0) is 31.5 Å². The predicted molar refractivity (Wildman–Crippen MR) is 78.1 cm³/mol. The van der Waals surface area contributed by atoms with E-state index < -0.39 is 12.0 Å². The Morgan fingerprint density at radius 3 is 2.29 bits per heavy atom. The minimum absolute atomic E-state index is 0.0177. The standard InChI is InChI=1S/C14H19N3O4/c1-9(2)16-12(18)8-15-14(21)17-11-5-3-10(4-6-11)7-13(19)20/h3-6,9H,7-8H2,1-2H3,(H,16,18)(H,19,20)(H2,15,17,21). The van der Waals surface area contributed by atoms with Gasteiger partial charge in [0, 0.05) is 11.7 Å². The molecule has 0 aromatic heterocycles. The lowest BCUT2D eigenvalue weighted by molar-refractivity contribution is -0.136. The van der Waals surface area contributed by atoms with Gasteiger partial charge in [0.1, 0.15) is 0 Å². The van der Waals surface area contributed by atoms with Crippen molar-refractivity contribution in [2.24, 2.45) is 0 Å². The summed E-state index contributed by atoms with van der Waals surface area (Å²) in [5.74, 6) is -1.18. The number of carboxylic acid groups (broad SMARTS) is 1. The molecule has 0 bridgehead atoms. The van der Waals surface area contributed by atoms with Crippen molar-refractivity contribution >= 4 is 23.6 Å². The molecule has 0 heterocycles. The van der Waals surface area contributed by atoms with Gasteiger partial charge in [-0.3, -0.25) is 9.59 Å². The first-order valence-electron chi connectivity index (χ1n) is 6.51. The minimum atomic E-state index is -0.912. The summed E-state index contributed by atoms with van der Waals surface area (Å²) in [5, 5.41) is 16.3. The van der Waals surface area contributed by atoms with Crippen LogP contribution in [-0.4, -0.2) is 35.6 Å². The average molecular weight is 293 g/mol. The van der Waals surface area contributed by atoms with E-state index in [0.29, 0.717) is 11.3 Å². The number of aliphatic carboxylic acids is 1. The Labute approximate surface area is 122 Å². The normalized spacial score (nSPS) is 10.0. The van der Waals surface area contributed by atoms with Crippen molar-refractivity contribution < 1.29 is 19.5 Å². The molecule has 0 unspecified atom stereocenters. The number of anilines is 1. The first-order chi connectivity index (χ1) is 9.86. The van der Waals surface area contributed by atoms with Crippen LogP contribution in [-0.2, 0) is 16.0 Å². The molecule has 0 atom stereocenters. The van der Waals surface area contributed by atoms with Crippen molar-refractivity contribution in [2.75, 3.05) is 11.9 Å². The van der Waals surface area contributed by atoms with Crippen LogP contribution in [0.15, 0.2) is 24.3 Å². The number of carbonyl (C=O) groups excluding carboxylic acids is 2. The highest BCUT2D eigenvalue weighted by Gasteiger charge is 2.07. The van der Waals surface area contributed by atoms with Gasteiger partial charge < -0.3 is 21.1 Å². The number of hydrogen-bond donors (Lipinski definition) is 4. The van der Waals surface area contributed by atoms with Crippen LogP contribution in [0.1, 0.15) is 19.4 Å². The molecule has 0 aliphatic carbocycles. The smallest absolute Gasteiger partial charge is 0.319 e. The number of carbonyl (C=O) groups is 3. The van der Waals surface area contributed by atoms with Crippen molar-refractivity contribution in [2.45, 2.75) is 26.3 Å². The molecular weight excluding hydrogens is 274 g/mol. The maximum atomic E-state index is 11.6. The Morgan fingerprint density at radius 1 is 1.14 bits per heavy atom. The molecule has 0 saturated heterocycles. The first-order valence-corrected chi connectivity index (χ1v) is 6.51. The van der Waals surface area contributed by atoms with E-state index in [-0.39, 0.29) is 24.9 Å². The lowest BCUT2D eigenvalue weighted by atomic mass is 10.1. The van der Waals surface area contributed by atoms with Gasteiger partial charge in [-0.2, -0.15) is 0 Å². The highest BCUT2D eigenvalue weighted by atomic mass is 16.4. The Balaban J connectivity index is 2.40. The van der Waals surface area contributed by atoms with Gasteiger partial charge in [0.05, 0.1) is 13.0 Å². The molecule has 0 radical (unpaired) electrons. The van der Waals surface area contributed by atoms with Crippen LogP contribution < -0.4 is 16.0 Å². The summed E-state index contributed by atoms with van der Waals surface area (Å²) in [6, 6.07) is 5.96. The number of benzene rings is 1. The Kier molecular flexibility index (Phi) is 6.19. The fraction of sp³-hybridized carbons (Fsp3) is 0.357. The number of nitrogens with one attached hydrogen (secondary N) is 3. The van der Waals surface area contributed by atoms with Gasteiger partial charge in [-0.15, -0.1) is 0 Å². The molecule has 114 valence electrons. The summed E-state index contributed by atoms with van der Waals surface area (Å²) in [4.78, 5) is 33.5. The van der Waals surface area contributed by atoms with E-state index in [1.807, 2.05) is 13.8 Å². The van der Waals surface area contributed by atoms with Crippen molar-refractivity contribution in [1.82, 2.24) is 10.6 Å². The number of amides is 3. The van der Waals surface area contributed by atoms with E-state index in [1.54, 1.807) is 24.3 Å². The van der Waals surface area contributed by atoms with E-state index in [0.717, 1.165) is 0 Å². The Morgan fingerprint density at radius 2 is 1.76 bits per heavy atom. The quantitative estimate of drug-likeness (QED) is 0.626. The second-order valence-electron chi connectivity index (χ2n) is 4.80. The number of carboxylic acids is 1. The van der Waals surface area contributed by atoms with Crippen LogP contribution in [0.5, 0.6) is 0 Å². The minimum Gasteiger partial charge on any atom is -0.481 e. The summed E-state index contributed by atoms with van der Waals surface area (Å²) < 4.78 is 0. The lowest BCUT2D eigenvalue weighted by Gasteiger charge is -2.10. The first kappa shape index (κ1) is 16.5. The molecular formula is C14H19N3O4. The largest absolute Gasteiger partial charge is 0.481 e. The maximum Gasteiger partial charge on any atom is 0.319 e. The molecule has 4 N–H and O–H groups in total. The van der Waals surface area contributed by atoms with Crippen LogP contribution >= 0.6 is 0 Å². The van der Waals surface area contributed by atoms with Crippen LogP contribution in [0.2, 0.25) is 0 Å². The van der Waals surface area contributed by atoms with Crippen molar-refractivity contribution in [1.29, 1.82) is 0 Å². The molecule has 3 amide bonds. The molecule has 0 fully saturated rings. The van der Waals surface area contributed by atoms with Crippen molar-refractivity contribution in [3.05, 3.63) is 29.8 Å². The summed E-state index contributed by atoms with van der Waals surface area (Å²) in [7, 11) is 0. The number of urea groups is 1. The molecule has 7 nitrogen and oxygen atoms in total. The molecule has 1 aromatic rings. The van der Waals surface area contributed by atoms with Crippen molar-refractivity contribution in [3.8, 4) is 0 Å². The van der Waals surface area contributed by atoms with Crippen LogP contribution in [0.25, 0.3) is 0 Å². The second-order valence-corrected chi connectivity index (χ2v) is 4.80. The predicted octanol–water partition coefficient (Wildman–Crippen LogP) is 0.960. The molecule has 0 aliphatic rings. The zero-order chi connectivity index (χ0) is 15.8. The zero-order valence-electron chi connectivity index (χ0n) is 12.0. The highest BCUT2D eigenvalue weighted by Crippen LogP contribution is 2.09. The van der Waals surface area contributed by atoms with Crippen molar-refractivity contribution in [3.63, 3.8) is 0 Å². The SMILES string of the molecule is CC(C)NC(=O)CNC(=O)Nc1ccc(CC(=O)O)cc1. The number of hydrogen-bond acceptors (Lipinski definition) is 3. The molecule has 1 rings (SSSR count). The van der Waals surface area contributed by atoms with Gasteiger partial charge in [0.2, 0.25) is 5.91 Å². The van der Waals surface area contributed by atoms with E-state index in [4.69, 9.17) is 5.11 Å².